The largest absolute Gasteiger partial charge is 0.0807 e. The number of fused-ring (bicyclic) bond motifs is 1. The fourth-order valence-electron chi connectivity index (χ4n) is 2.89. The van der Waals surface area contributed by atoms with E-state index in [0.29, 0.717) is 0 Å². The molecule has 0 heteroatoms. The maximum absolute atomic E-state index is 2.51. The van der Waals surface area contributed by atoms with Crippen molar-refractivity contribution in [3.05, 3.63) is 22.8 Å². The van der Waals surface area contributed by atoms with Crippen LogP contribution in [0.2, 0.25) is 0 Å². The highest BCUT2D eigenvalue weighted by molar-refractivity contribution is 5.39. The third-order valence-electron chi connectivity index (χ3n) is 3.65. The van der Waals surface area contributed by atoms with Crippen molar-refractivity contribution in [2.24, 2.45) is 5.92 Å². The lowest BCUT2D eigenvalue weighted by Crippen LogP contribution is -2.05. The van der Waals surface area contributed by atoms with Crippen molar-refractivity contribution in [3.8, 4) is 0 Å². The summed E-state index contributed by atoms with van der Waals surface area (Å²) < 4.78 is 0. The zero-order chi connectivity index (χ0) is 9.97. The van der Waals surface area contributed by atoms with Crippen molar-refractivity contribution in [3.63, 3.8) is 0 Å². The molecule has 1 saturated carbocycles. The minimum atomic E-state index is 0.770. The van der Waals surface area contributed by atoms with Gasteiger partial charge in [-0.1, -0.05) is 31.9 Å². The molecule has 0 bridgehead atoms. The molecule has 2 aliphatic carbocycles. The van der Waals surface area contributed by atoms with Gasteiger partial charge in [-0.15, -0.1) is 0 Å². The maximum atomic E-state index is 2.51. The average Bonchev–Trinajstić information content (AvgIpc) is 2.41. The molecule has 0 nitrogen and oxygen atoms in total. The van der Waals surface area contributed by atoms with E-state index in [0.717, 1.165) is 5.92 Å². The Balaban J connectivity index is 2.30. The van der Waals surface area contributed by atoms with E-state index < -0.39 is 0 Å². The van der Waals surface area contributed by atoms with E-state index in [4.69, 9.17) is 0 Å². The number of hydrogen-bond donors (Lipinski definition) is 0. The molecular formula is C14H22. The van der Waals surface area contributed by atoms with Gasteiger partial charge >= 0.3 is 0 Å². The molecule has 78 valence electrons. The van der Waals surface area contributed by atoms with E-state index in [1.54, 1.807) is 16.7 Å². The molecule has 2 rings (SSSR count). The number of rotatable bonds is 1. The summed E-state index contributed by atoms with van der Waals surface area (Å²) in [5.41, 5.74) is 5.23. The van der Waals surface area contributed by atoms with Gasteiger partial charge in [-0.05, 0) is 55.6 Å². The van der Waals surface area contributed by atoms with Crippen molar-refractivity contribution in [2.75, 3.05) is 0 Å². The molecule has 1 fully saturated rings. The van der Waals surface area contributed by atoms with Gasteiger partial charge in [0, 0.05) is 0 Å². The van der Waals surface area contributed by atoms with Crippen LogP contribution < -0.4 is 0 Å². The molecule has 0 unspecified atom stereocenters. The molecule has 2 aliphatic rings. The minimum absolute atomic E-state index is 0.770. The summed E-state index contributed by atoms with van der Waals surface area (Å²) in [6.45, 7) is 4.71. The average molecular weight is 190 g/mol. The van der Waals surface area contributed by atoms with Gasteiger partial charge in [0.25, 0.3) is 0 Å². The topological polar surface area (TPSA) is 0 Å². The normalized spacial score (nSPS) is 23.2. The van der Waals surface area contributed by atoms with Crippen molar-refractivity contribution >= 4 is 0 Å². The Bertz CT molecular complexity index is 266. The number of hydrogen-bond acceptors (Lipinski definition) is 0. The summed E-state index contributed by atoms with van der Waals surface area (Å²) in [4.78, 5) is 0. The van der Waals surface area contributed by atoms with E-state index >= 15 is 0 Å². The highest BCUT2D eigenvalue weighted by atomic mass is 14.2. The number of allylic oxidation sites excluding steroid dienone is 4. The quantitative estimate of drug-likeness (QED) is 0.566. The predicted molar refractivity (Wildman–Crippen MR) is 62.3 cm³/mol. The van der Waals surface area contributed by atoms with Crippen LogP contribution in [0.25, 0.3) is 0 Å². The molecule has 0 radical (unpaired) electrons. The first-order chi connectivity index (χ1) is 6.79. The van der Waals surface area contributed by atoms with Gasteiger partial charge in [0.1, 0.15) is 0 Å². The maximum Gasteiger partial charge on any atom is -0.0254 e. The molecule has 0 atom stereocenters. The van der Waals surface area contributed by atoms with Gasteiger partial charge < -0.3 is 0 Å². The predicted octanol–water partition coefficient (Wildman–Crippen LogP) is 4.62. The van der Waals surface area contributed by atoms with Gasteiger partial charge in [0.15, 0.2) is 0 Å². The Morgan fingerprint density at radius 2 is 1.79 bits per heavy atom. The summed E-state index contributed by atoms with van der Waals surface area (Å²) in [5.74, 6) is 0.770. The molecule has 0 aliphatic heterocycles. The Hall–Kier alpha value is -0.520. The van der Waals surface area contributed by atoms with Crippen LogP contribution in [0.1, 0.15) is 58.8 Å². The second-order valence-electron chi connectivity index (χ2n) is 4.99. The lowest BCUT2D eigenvalue weighted by molar-refractivity contribution is 0.677. The monoisotopic (exact) mass is 190 g/mol. The fraction of sp³-hybridized carbons (Fsp3) is 0.714. The highest BCUT2D eigenvalue weighted by Gasteiger charge is 2.19. The summed E-state index contributed by atoms with van der Waals surface area (Å²) >= 11 is 0. The molecular weight excluding hydrogens is 168 g/mol. The molecule has 0 aromatic carbocycles. The van der Waals surface area contributed by atoms with Crippen LogP contribution in [0.3, 0.4) is 0 Å². The second-order valence-corrected chi connectivity index (χ2v) is 4.99. The fourth-order valence-corrected chi connectivity index (χ4v) is 2.89. The van der Waals surface area contributed by atoms with Crippen molar-refractivity contribution in [1.82, 2.24) is 0 Å². The van der Waals surface area contributed by atoms with Crippen LogP contribution in [-0.2, 0) is 0 Å². The Morgan fingerprint density at radius 3 is 2.57 bits per heavy atom. The summed E-state index contributed by atoms with van der Waals surface area (Å²) in [6.07, 6.45) is 12.1. The van der Waals surface area contributed by atoms with Gasteiger partial charge in [-0.3, -0.25) is 0 Å². The van der Waals surface area contributed by atoms with Crippen LogP contribution in [0.15, 0.2) is 22.8 Å². The first-order valence-corrected chi connectivity index (χ1v) is 6.20. The molecule has 0 N–H and O–H groups in total. The zero-order valence-corrected chi connectivity index (χ0v) is 9.60. The Morgan fingerprint density at radius 1 is 1.00 bits per heavy atom. The van der Waals surface area contributed by atoms with Crippen molar-refractivity contribution in [2.45, 2.75) is 58.8 Å². The lowest BCUT2D eigenvalue weighted by atomic mass is 9.83. The minimum Gasteiger partial charge on any atom is -0.0807 e. The van der Waals surface area contributed by atoms with E-state index in [9.17, 15) is 0 Å². The van der Waals surface area contributed by atoms with Crippen molar-refractivity contribution in [1.29, 1.82) is 0 Å². The van der Waals surface area contributed by atoms with E-state index in [1.165, 1.54) is 44.9 Å². The van der Waals surface area contributed by atoms with Gasteiger partial charge in [0.2, 0.25) is 0 Å². The summed E-state index contributed by atoms with van der Waals surface area (Å²) in [6, 6.07) is 0. The molecule has 14 heavy (non-hydrogen) atoms. The first-order valence-electron chi connectivity index (χ1n) is 6.20. The molecule has 0 aromatic heterocycles. The molecule has 0 aromatic rings. The molecule has 0 spiro atoms. The zero-order valence-electron chi connectivity index (χ0n) is 9.60. The van der Waals surface area contributed by atoms with Gasteiger partial charge in [0.05, 0.1) is 0 Å². The summed E-state index contributed by atoms with van der Waals surface area (Å²) in [5, 5.41) is 0. The lowest BCUT2D eigenvalue weighted by Gasteiger charge is -2.23. The van der Waals surface area contributed by atoms with Crippen LogP contribution in [0, 0.1) is 5.92 Å². The Kier molecular flexibility index (Phi) is 3.10. The standard InChI is InChI=1S/C14H22/c1-11(2)13-10-6-8-12-7-4-3-5-9-14(12)13/h8,11H,3-7,9-10H2,1-2H3. The highest BCUT2D eigenvalue weighted by Crippen LogP contribution is 2.37. The van der Waals surface area contributed by atoms with E-state index in [1.807, 2.05) is 0 Å². The third-order valence-corrected chi connectivity index (χ3v) is 3.65. The van der Waals surface area contributed by atoms with Gasteiger partial charge in [-0.2, -0.15) is 0 Å². The molecule has 0 saturated heterocycles. The first kappa shape index (κ1) is 10.0. The van der Waals surface area contributed by atoms with Gasteiger partial charge in [-0.25, -0.2) is 0 Å². The van der Waals surface area contributed by atoms with Crippen molar-refractivity contribution < 1.29 is 0 Å². The van der Waals surface area contributed by atoms with E-state index in [-0.39, 0.29) is 0 Å². The molecule has 0 amide bonds. The molecule has 0 heterocycles. The smallest absolute Gasteiger partial charge is 0.0254 e. The van der Waals surface area contributed by atoms with Crippen LogP contribution in [0.4, 0.5) is 0 Å². The Labute approximate surface area is 88.1 Å². The van der Waals surface area contributed by atoms with Crippen LogP contribution in [0.5, 0.6) is 0 Å². The second kappa shape index (κ2) is 4.33. The van der Waals surface area contributed by atoms with Crippen LogP contribution >= 0.6 is 0 Å². The third kappa shape index (κ3) is 1.94. The van der Waals surface area contributed by atoms with Crippen LogP contribution in [-0.4, -0.2) is 0 Å². The summed E-state index contributed by atoms with van der Waals surface area (Å²) in [7, 11) is 0. The SMILES string of the molecule is CC(C)C1=C2CCCCCC2=CCC1. The van der Waals surface area contributed by atoms with E-state index in [2.05, 4.69) is 19.9 Å².